The monoisotopic (exact) mass is 346 g/mol. The van der Waals surface area contributed by atoms with Gasteiger partial charge in [0.15, 0.2) is 23.0 Å². The minimum absolute atomic E-state index is 0.0106. The average molecular weight is 346 g/mol. The molecule has 0 aliphatic carbocycles. The van der Waals surface area contributed by atoms with Gasteiger partial charge in [0.25, 0.3) is 0 Å². The van der Waals surface area contributed by atoms with Gasteiger partial charge in [0.2, 0.25) is 13.6 Å². The molecule has 0 radical (unpaired) electrons. The molecule has 0 amide bonds. The standard InChI is InChI=1S/C9H8O4.C8H6O4/c10-9(11)4-6-1-2-7-8(3-6)13-5-12-7;9-8(10)5-1-2-6-7(3-5)12-4-11-6/h1-3H,4-5H2,(H,10,11);1-3H,4H2,(H,9,10). The lowest BCUT2D eigenvalue weighted by molar-refractivity contribution is -0.136. The van der Waals surface area contributed by atoms with E-state index < -0.39 is 11.9 Å². The SMILES string of the molecule is O=C(O)Cc1ccc2c(c1)OCO2.O=C(O)c1ccc2c(c1)OCO2. The van der Waals surface area contributed by atoms with Crippen molar-refractivity contribution in [3.05, 3.63) is 47.5 Å². The van der Waals surface area contributed by atoms with Crippen molar-refractivity contribution in [1.29, 1.82) is 0 Å². The first-order chi connectivity index (χ1) is 12.0. The number of carboxylic acids is 2. The maximum atomic E-state index is 10.5. The molecule has 0 saturated heterocycles. The fourth-order valence-corrected chi connectivity index (χ4v) is 2.26. The quantitative estimate of drug-likeness (QED) is 0.869. The molecule has 0 spiro atoms. The van der Waals surface area contributed by atoms with Crippen LogP contribution in [-0.4, -0.2) is 35.7 Å². The predicted octanol–water partition coefficient (Wildman–Crippen LogP) is 2.16. The van der Waals surface area contributed by atoms with Gasteiger partial charge in [0.05, 0.1) is 12.0 Å². The van der Waals surface area contributed by atoms with Crippen LogP contribution in [0.3, 0.4) is 0 Å². The van der Waals surface area contributed by atoms with Crippen LogP contribution < -0.4 is 18.9 Å². The number of hydrogen-bond donors (Lipinski definition) is 2. The van der Waals surface area contributed by atoms with Gasteiger partial charge in [0, 0.05) is 0 Å². The molecule has 0 fully saturated rings. The highest BCUT2D eigenvalue weighted by atomic mass is 16.7. The molecule has 2 heterocycles. The van der Waals surface area contributed by atoms with E-state index in [2.05, 4.69) is 0 Å². The van der Waals surface area contributed by atoms with Gasteiger partial charge in [-0.3, -0.25) is 4.79 Å². The van der Waals surface area contributed by atoms with Crippen LogP contribution >= 0.6 is 0 Å². The van der Waals surface area contributed by atoms with Crippen molar-refractivity contribution >= 4 is 11.9 Å². The molecule has 0 atom stereocenters. The van der Waals surface area contributed by atoms with Crippen molar-refractivity contribution in [2.24, 2.45) is 0 Å². The summed E-state index contributed by atoms with van der Waals surface area (Å²) >= 11 is 0. The van der Waals surface area contributed by atoms with E-state index in [-0.39, 0.29) is 25.6 Å². The zero-order chi connectivity index (χ0) is 17.8. The Kier molecular flexibility index (Phi) is 4.60. The van der Waals surface area contributed by atoms with Crippen molar-refractivity contribution in [2.45, 2.75) is 6.42 Å². The molecule has 25 heavy (non-hydrogen) atoms. The van der Waals surface area contributed by atoms with Crippen molar-refractivity contribution in [3.8, 4) is 23.0 Å². The van der Waals surface area contributed by atoms with Crippen LogP contribution in [-0.2, 0) is 11.2 Å². The molecule has 0 unspecified atom stereocenters. The Hall–Kier alpha value is -3.42. The molecule has 8 nitrogen and oxygen atoms in total. The average Bonchev–Trinajstić information content (AvgIpc) is 3.22. The largest absolute Gasteiger partial charge is 0.481 e. The predicted molar refractivity (Wildman–Crippen MR) is 83.4 cm³/mol. The highest BCUT2D eigenvalue weighted by molar-refractivity contribution is 5.88. The summed E-state index contributed by atoms with van der Waals surface area (Å²) in [6.07, 6.45) is 0.0106. The summed E-state index contributed by atoms with van der Waals surface area (Å²) in [4.78, 5) is 20.9. The van der Waals surface area contributed by atoms with Gasteiger partial charge >= 0.3 is 11.9 Å². The summed E-state index contributed by atoms with van der Waals surface area (Å²) in [6.45, 7) is 0.379. The van der Waals surface area contributed by atoms with Gasteiger partial charge in [-0.15, -0.1) is 0 Å². The summed E-state index contributed by atoms with van der Waals surface area (Å²) in [7, 11) is 0. The first-order valence-corrected chi connectivity index (χ1v) is 7.26. The van der Waals surface area contributed by atoms with E-state index in [1.165, 1.54) is 12.1 Å². The van der Waals surface area contributed by atoms with Crippen LogP contribution in [0.2, 0.25) is 0 Å². The lowest BCUT2D eigenvalue weighted by Gasteiger charge is -1.98. The highest BCUT2D eigenvalue weighted by Crippen LogP contribution is 2.33. The van der Waals surface area contributed by atoms with Crippen LogP contribution in [0.4, 0.5) is 0 Å². The third-order valence-electron chi connectivity index (χ3n) is 3.41. The smallest absolute Gasteiger partial charge is 0.335 e. The minimum Gasteiger partial charge on any atom is -0.481 e. The summed E-state index contributed by atoms with van der Waals surface area (Å²) in [5.74, 6) is 0.579. The zero-order valence-corrected chi connectivity index (χ0v) is 12.9. The van der Waals surface area contributed by atoms with Gasteiger partial charge in [0.1, 0.15) is 0 Å². The molecule has 2 aliphatic rings. The topological polar surface area (TPSA) is 112 Å². The van der Waals surface area contributed by atoms with Gasteiger partial charge in [-0.05, 0) is 35.9 Å². The second-order valence-corrected chi connectivity index (χ2v) is 5.13. The van der Waals surface area contributed by atoms with Crippen LogP contribution in [0.25, 0.3) is 0 Å². The van der Waals surface area contributed by atoms with Gasteiger partial charge < -0.3 is 29.2 Å². The number of hydrogen-bond acceptors (Lipinski definition) is 6. The fraction of sp³-hybridized carbons (Fsp3) is 0.176. The fourth-order valence-electron chi connectivity index (χ4n) is 2.26. The first kappa shape index (κ1) is 16.4. The van der Waals surface area contributed by atoms with E-state index in [1.807, 2.05) is 0 Å². The normalized spacial score (nSPS) is 13.0. The number of aromatic carboxylic acids is 1. The molecule has 4 rings (SSSR count). The molecular formula is C17H14O8. The Labute approximate surface area is 142 Å². The molecular weight excluding hydrogens is 332 g/mol. The molecule has 0 bridgehead atoms. The first-order valence-electron chi connectivity index (χ1n) is 7.26. The summed E-state index contributed by atoms with van der Waals surface area (Å²) in [5.41, 5.74) is 0.927. The number of ether oxygens (including phenoxy) is 4. The van der Waals surface area contributed by atoms with Gasteiger partial charge in [-0.25, -0.2) is 4.79 Å². The number of rotatable bonds is 3. The Morgan fingerprint density at radius 3 is 1.96 bits per heavy atom. The second kappa shape index (κ2) is 7.00. The van der Waals surface area contributed by atoms with E-state index >= 15 is 0 Å². The molecule has 2 aromatic carbocycles. The number of fused-ring (bicyclic) bond motifs is 2. The Bertz CT molecular complexity index is 814. The number of carboxylic acid groups (broad SMARTS) is 2. The van der Waals surface area contributed by atoms with Gasteiger partial charge in [-0.2, -0.15) is 0 Å². The third-order valence-corrected chi connectivity index (χ3v) is 3.41. The van der Waals surface area contributed by atoms with Crippen LogP contribution in [0.5, 0.6) is 23.0 Å². The van der Waals surface area contributed by atoms with Crippen LogP contribution in [0, 0.1) is 0 Å². The maximum Gasteiger partial charge on any atom is 0.335 e. The minimum atomic E-state index is -0.965. The molecule has 2 aromatic rings. The lowest BCUT2D eigenvalue weighted by atomic mass is 10.1. The van der Waals surface area contributed by atoms with E-state index in [1.54, 1.807) is 24.3 Å². The number of benzene rings is 2. The highest BCUT2D eigenvalue weighted by Gasteiger charge is 2.15. The van der Waals surface area contributed by atoms with E-state index in [0.29, 0.717) is 23.0 Å². The molecule has 2 N–H and O–H groups in total. The molecule has 130 valence electrons. The number of aliphatic carboxylic acids is 1. The van der Waals surface area contributed by atoms with Gasteiger partial charge in [-0.1, -0.05) is 6.07 Å². The zero-order valence-electron chi connectivity index (χ0n) is 12.9. The third kappa shape index (κ3) is 3.92. The van der Waals surface area contributed by atoms with Crippen molar-refractivity contribution in [3.63, 3.8) is 0 Å². The lowest BCUT2D eigenvalue weighted by Crippen LogP contribution is -1.99. The summed E-state index contributed by atoms with van der Waals surface area (Å²) in [5, 5.41) is 17.2. The molecule has 0 saturated carbocycles. The van der Waals surface area contributed by atoms with Crippen molar-refractivity contribution in [2.75, 3.05) is 13.6 Å². The van der Waals surface area contributed by atoms with Crippen molar-refractivity contribution < 1.29 is 38.7 Å². The van der Waals surface area contributed by atoms with Crippen LogP contribution in [0.1, 0.15) is 15.9 Å². The molecule has 2 aliphatic heterocycles. The molecule has 8 heteroatoms. The van der Waals surface area contributed by atoms with Crippen molar-refractivity contribution in [1.82, 2.24) is 0 Å². The molecule has 0 aromatic heterocycles. The van der Waals surface area contributed by atoms with E-state index in [9.17, 15) is 9.59 Å². The Balaban J connectivity index is 0.000000146. The maximum absolute atomic E-state index is 10.5. The Morgan fingerprint density at radius 1 is 0.800 bits per heavy atom. The van der Waals surface area contributed by atoms with E-state index in [0.717, 1.165) is 5.56 Å². The number of carbonyl (C=O) groups is 2. The van der Waals surface area contributed by atoms with E-state index in [4.69, 9.17) is 29.2 Å². The second-order valence-electron chi connectivity index (χ2n) is 5.13. The Morgan fingerprint density at radius 2 is 1.36 bits per heavy atom. The summed E-state index contributed by atoms with van der Waals surface area (Å²) < 4.78 is 20.2. The summed E-state index contributed by atoms with van der Waals surface area (Å²) in [6, 6.07) is 9.66. The van der Waals surface area contributed by atoms with Crippen LogP contribution in [0.15, 0.2) is 36.4 Å².